The summed E-state index contributed by atoms with van der Waals surface area (Å²) in [7, 11) is 0. The van der Waals surface area contributed by atoms with E-state index in [2.05, 4.69) is 0 Å². The molecule has 1 heterocycles. The van der Waals surface area contributed by atoms with Gasteiger partial charge in [-0.25, -0.2) is 9.18 Å². The Kier molecular flexibility index (Phi) is 3.13. The van der Waals surface area contributed by atoms with Crippen molar-refractivity contribution in [1.29, 1.82) is 0 Å². The standard InChI is InChI=1S/C12H13FN2O4/c1-12(11(16)17)5-2-6-14(12)9-4-3-8(13)7-10(9)15(18)19/h3-4,7H,2,5-6H2,1H3,(H,16,17). The maximum absolute atomic E-state index is 13.1. The second-order valence-electron chi connectivity index (χ2n) is 4.72. The van der Waals surface area contributed by atoms with Crippen molar-refractivity contribution in [2.24, 2.45) is 0 Å². The predicted molar refractivity (Wildman–Crippen MR) is 65.7 cm³/mol. The molecule has 1 aliphatic rings. The highest BCUT2D eigenvalue weighted by Gasteiger charge is 2.45. The summed E-state index contributed by atoms with van der Waals surface area (Å²) in [6.45, 7) is 1.92. The van der Waals surface area contributed by atoms with Crippen LogP contribution in [0.2, 0.25) is 0 Å². The van der Waals surface area contributed by atoms with Crippen molar-refractivity contribution in [1.82, 2.24) is 0 Å². The van der Waals surface area contributed by atoms with Crippen LogP contribution in [0.15, 0.2) is 18.2 Å². The zero-order valence-corrected chi connectivity index (χ0v) is 10.3. The smallest absolute Gasteiger partial charge is 0.329 e. The topological polar surface area (TPSA) is 83.7 Å². The van der Waals surface area contributed by atoms with Gasteiger partial charge in [-0.2, -0.15) is 0 Å². The maximum atomic E-state index is 13.1. The molecule has 0 aliphatic carbocycles. The second-order valence-corrected chi connectivity index (χ2v) is 4.72. The quantitative estimate of drug-likeness (QED) is 0.671. The van der Waals surface area contributed by atoms with E-state index >= 15 is 0 Å². The first kappa shape index (κ1) is 13.3. The van der Waals surface area contributed by atoms with E-state index in [1.165, 1.54) is 17.9 Å². The number of nitro groups is 1. The van der Waals surface area contributed by atoms with Crippen molar-refractivity contribution in [2.45, 2.75) is 25.3 Å². The Balaban J connectivity index is 2.53. The van der Waals surface area contributed by atoms with Gasteiger partial charge in [0.25, 0.3) is 5.69 Å². The maximum Gasteiger partial charge on any atom is 0.329 e. The van der Waals surface area contributed by atoms with Crippen LogP contribution in [0.25, 0.3) is 0 Å². The number of halogens is 1. The summed E-state index contributed by atoms with van der Waals surface area (Å²) in [6, 6.07) is 3.18. The van der Waals surface area contributed by atoms with E-state index < -0.39 is 27.9 Å². The minimum Gasteiger partial charge on any atom is -0.480 e. The van der Waals surface area contributed by atoms with Crippen LogP contribution in [-0.4, -0.2) is 28.1 Å². The second kappa shape index (κ2) is 4.49. The van der Waals surface area contributed by atoms with Gasteiger partial charge in [-0.15, -0.1) is 0 Å². The molecule has 0 radical (unpaired) electrons. The first-order chi connectivity index (χ1) is 8.86. The minimum atomic E-state index is -1.19. The molecular formula is C12H13FN2O4. The van der Waals surface area contributed by atoms with E-state index in [4.69, 9.17) is 0 Å². The average molecular weight is 268 g/mol. The van der Waals surface area contributed by atoms with E-state index in [-0.39, 0.29) is 5.69 Å². The van der Waals surface area contributed by atoms with Crippen LogP contribution < -0.4 is 4.90 Å². The fourth-order valence-electron chi connectivity index (χ4n) is 2.44. The van der Waals surface area contributed by atoms with Crippen LogP contribution in [0.3, 0.4) is 0 Å². The van der Waals surface area contributed by atoms with Crippen LogP contribution in [0.5, 0.6) is 0 Å². The van der Waals surface area contributed by atoms with Crippen LogP contribution in [-0.2, 0) is 4.79 Å². The number of nitro benzene ring substituents is 1. The molecule has 1 aliphatic heterocycles. The van der Waals surface area contributed by atoms with E-state index in [0.717, 1.165) is 12.1 Å². The molecule has 1 N–H and O–H groups in total. The van der Waals surface area contributed by atoms with Crippen molar-refractivity contribution in [3.8, 4) is 0 Å². The van der Waals surface area contributed by atoms with Crippen LogP contribution >= 0.6 is 0 Å². The van der Waals surface area contributed by atoms with Gasteiger partial charge in [0.15, 0.2) is 0 Å². The summed E-state index contributed by atoms with van der Waals surface area (Å²) in [5, 5.41) is 20.3. The first-order valence-electron chi connectivity index (χ1n) is 5.81. The number of hydrogen-bond acceptors (Lipinski definition) is 4. The molecule has 19 heavy (non-hydrogen) atoms. The van der Waals surface area contributed by atoms with Gasteiger partial charge in [0.2, 0.25) is 0 Å². The van der Waals surface area contributed by atoms with Gasteiger partial charge in [-0.3, -0.25) is 10.1 Å². The third-order valence-electron chi connectivity index (χ3n) is 3.53. The summed E-state index contributed by atoms with van der Waals surface area (Å²) in [5.41, 5.74) is -1.45. The predicted octanol–water partition coefficient (Wildman–Crippen LogP) is 2.18. The molecule has 1 fully saturated rings. The summed E-state index contributed by atoms with van der Waals surface area (Å²) in [6.07, 6.45) is 1.02. The van der Waals surface area contributed by atoms with Gasteiger partial charge in [-0.05, 0) is 31.9 Å². The van der Waals surface area contributed by atoms with Crippen LogP contribution in [0, 0.1) is 15.9 Å². The number of carbonyl (C=O) groups is 1. The number of carboxylic acids is 1. The zero-order chi connectivity index (χ0) is 14.2. The fourth-order valence-corrected chi connectivity index (χ4v) is 2.44. The Bertz CT molecular complexity index is 549. The number of anilines is 1. The monoisotopic (exact) mass is 268 g/mol. The molecule has 1 aromatic carbocycles. The van der Waals surface area contributed by atoms with Crippen molar-refractivity contribution < 1.29 is 19.2 Å². The van der Waals surface area contributed by atoms with Crippen molar-refractivity contribution in [3.05, 3.63) is 34.1 Å². The van der Waals surface area contributed by atoms with Gasteiger partial charge in [-0.1, -0.05) is 0 Å². The van der Waals surface area contributed by atoms with E-state index in [1.54, 1.807) is 0 Å². The summed E-state index contributed by atoms with van der Waals surface area (Å²) in [5.74, 6) is -1.75. The number of aliphatic carboxylic acids is 1. The summed E-state index contributed by atoms with van der Waals surface area (Å²) < 4.78 is 13.1. The molecule has 1 saturated heterocycles. The molecule has 1 atom stereocenters. The summed E-state index contributed by atoms with van der Waals surface area (Å²) in [4.78, 5) is 23.1. The van der Waals surface area contributed by atoms with Crippen molar-refractivity contribution >= 4 is 17.3 Å². The van der Waals surface area contributed by atoms with E-state index in [1.807, 2.05) is 0 Å². The molecule has 6 nitrogen and oxygen atoms in total. The molecule has 0 spiro atoms. The molecule has 1 unspecified atom stereocenters. The highest BCUT2D eigenvalue weighted by molar-refractivity contribution is 5.85. The molecule has 0 bridgehead atoms. The number of rotatable bonds is 3. The number of carboxylic acid groups (broad SMARTS) is 1. The summed E-state index contributed by atoms with van der Waals surface area (Å²) >= 11 is 0. The Morgan fingerprint density at radius 3 is 2.84 bits per heavy atom. The average Bonchev–Trinajstić information content (AvgIpc) is 2.72. The normalized spacial score (nSPS) is 22.5. The zero-order valence-electron chi connectivity index (χ0n) is 10.3. The lowest BCUT2D eigenvalue weighted by molar-refractivity contribution is -0.384. The lowest BCUT2D eigenvalue weighted by atomic mass is 9.98. The lowest BCUT2D eigenvalue weighted by Gasteiger charge is -2.32. The highest BCUT2D eigenvalue weighted by atomic mass is 19.1. The minimum absolute atomic E-state index is 0.147. The van der Waals surface area contributed by atoms with Gasteiger partial charge in [0, 0.05) is 6.54 Å². The molecule has 2 rings (SSSR count). The number of nitrogens with zero attached hydrogens (tertiary/aromatic N) is 2. The lowest BCUT2D eigenvalue weighted by Crippen LogP contribution is -2.48. The number of benzene rings is 1. The van der Waals surface area contributed by atoms with E-state index in [9.17, 15) is 24.4 Å². The van der Waals surface area contributed by atoms with Gasteiger partial charge in [0.05, 0.1) is 11.0 Å². The Hall–Kier alpha value is -2.18. The van der Waals surface area contributed by atoms with E-state index in [0.29, 0.717) is 19.4 Å². The molecule has 102 valence electrons. The molecule has 0 amide bonds. The van der Waals surface area contributed by atoms with Gasteiger partial charge >= 0.3 is 5.97 Å². The Morgan fingerprint density at radius 2 is 2.26 bits per heavy atom. The highest BCUT2D eigenvalue weighted by Crippen LogP contribution is 2.39. The van der Waals surface area contributed by atoms with Crippen LogP contribution in [0.1, 0.15) is 19.8 Å². The molecule has 0 saturated carbocycles. The SMILES string of the molecule is CC1(C(=O)O)CCCN1c1ccc(F)cc1[N+](=O)[O-]. The van der Waals surface area contributed by atoms with Crippen molar-refractivity contribution in [3.63, 3.8) is 0 Å². The van der Waals surface area contributed by atoms with Crippen molar-refractivity contribution in [2.75, 3.05) is 11.4 Å². The Morgan fingerprint density at radius 1 is 1.58 bits per heavy atom. The first-order valence-corrected chi connectivity index (χ1v) is 5.81. The fraction of sp³-hybridized carbons (Fsp3) is 0.417. The third kappa shape index (κ3) is 2.11. The number of hydrogen-bond donors (Lipinski definition) is 1. The largest absolute Gasteiger partial charge is 0.480 e. The molecule has 0 aromatic heterocycles. The third-order valence-corrected chi connectivity index (χ3v) is 3.53. The molecule has 1 aromatic rings. The molecule has 7 heteroatoms. The van der Waals surface area contributed by atoms with Crippen LogP contribution in [0.4, 0.5) is 15.8 Å². The Labute approximate surface area is 108 Å². The van der Waals surface area contributed by atoms with Gasteiger partial charge < -0.3 is 10.0 Å². The molecular weight excluding hydrogens is 255 g/mol. The van der Waals surface area contributed by atoms with Gasteiger partial charge in [0.1, 0.15) is 17.0 Å².